The Morgan fingerprint density at radius 1 is 1.30 bits per heavy atom. The molecule has 0 bridgehead atoms. The van der Waals surface area contributed by atoms with Gasteiger partial charge in [-0.15, -0.1) is 0 Å². The summed E-state index contributed by atoms with van der Waals surface area (Å²) >= 11 is 1.45. The summed E-state index contributed by atoms with van der Waals surface area (Å²) in [7, 11) is -2.12. The van der Waals surface area contributed by atoms with E-state index in [1.807, 2.05) is 12.3 Å². The second-order valence-electron chi connectivity index (χ2n) is 6.17. The third-order valence-electron chi connectivity index (χ3n) is 4.28. The van der Waals surface area contributed by atoms with Crippen LogP contribution in [0.4, 0.5) is 0 Å². The van der Waals surface area contributed by atoms with Crippen molar-refractivity contribution in [1.29, 1.82) is 0 Å². The van der Waals surface area contributed by atoms with Crippen LogP contribution in [-0.4, -0.2) is 38.7 Å². The van der Waals surface area contributed by atoms with Gasteiger partial charge in [-0.2, -0.15) is 11.3 Å². The van der Waals surface area contributed by atoms with Crippen LogP contribution in [0.3, 0.4) is 0 Å². The van der Waals surface area contributed by atoms with Gasteiger partial charge < -0.3 is 10.2 Å². The van der Waals surface area contributed by atoms with Crippen LogP contribution in [0.5, 0.6) is 0 Å². The van der Waals surface area contributed by atoms with Crippen molar-refractivity contribution < 1.29 is 18.0 Å². The van der Waals surface area contributed by atoms with Crippen LogP contribution in [0.25, 0.3) is 0 Å². The van der Waals surface area contributed by atoms with Gasteiger partial charge in [-0.1, -0.05) is 12.1 Å². The molecule has 0 spiro atoms. The van der Waals surface area contributed by atoms with Crippen LogP contribution >= 0.6 is 11.3 Å². The van der Waals surface area contributed by atoms with E-state index in [1.165, 1.54) is 23.5 Å². The molecule has 0 fully saturated rings. The predicted octanol–water partition coefficient (Wildman–Crippen LogP) is 2.13. The highest BCUT2D eigenvalue weighted by Crippen LogP contribution is 2.22. The van der Waals surface area contributed by atoms with Gasteiger partial charge in [0, 0.05) is 31.0 Å². The first-order valence-corrected chi connectivity index (χ1v) is 10.9. The highest BCUT2D eigenvalue weighted by Gasteiger charge is 2.19. The van der Waals surface area contributed by atoms with Gasteiger partial charge in [0.1, 0.15) is 0 Å². The number of amides is 2. The summed E-state index contributed by atoms with van der Waals surface area (Å²) in [5.74, 6) is -0.237. The number of primary sulfonamides is 1. The third kappa shape index (κ3) is 5.88. The van der Waals surface area contributed by atoms with Crippen LogP contribution in [0.15, 0.2) is 46.0 Å². The Labute approximate surface area is 163 Å². The van der Waals surface area contributed by atoms with Gasteiger partial charge in [0.15, 0.2) is 0 Å². The summed E-state index contributed by atoms with van der Waals surface area (Å²) < 4.78 is 23.0. The maximum Gasteiger partial charge on any atom is 0.252 e. The number of nitrogens with one attached hydrogen (secondary N) is 1. The minimum atomic E-state index is -3.79. The largest absolute Gasteiger partial charge is 0.352 e. The summed E-state index contributed by atoms with van der Waals surface area (Å²) in [6, 6.07) is 7.69. The van der Waals surface area contributed by atoms with Gasteiger partial charge in [0.25, 0.3) is 5.91 Å². The minimum absolute atomic E-state index is 0.0174. The minimum Gasteiger partial charge on any atom is -0.352 e. The molecule has 0 radical (unpaired) electrons. The SMILES string of the molecule is CC(c1cccc(S(N)(=O)=O)c1)N(C)C(=O)CCCNC(=O)c1ccsc1. The van der Waals surface area contributed by atoms with Crippen LogP contribution in [0.2, 0.25) is 0 Å². The predicted molar refractivity (Wildman–Crippen MR) is 105 cm³/mol. The molecule has 0 aliphatic rings. The molecule has 1 atom stereocenters. The molecule has 0 aliphatic heterocycles. The van der Waals surface area contributed by atoms with Crippen molar-refractivity contribution in [3.63, 3.8) is 0 Å². The summed E-state index contributed by atoms with van der Waals surface area (Å²) in [6.07, 6.45) is 0.794. The molecular weight excluding hydrogens is 386 g/mol. The first kappa shape index (κ1) is 21.1. The molecule has 2 rings (SSSR count). The van der Waals surface area contributed by atoms with E-state index in [0.29, 0.717) is 24.1 Å². The zero-order valence-electron chi connectivity index (χ0n) is 15.2. The number of sulfonamides is 1. The van der Waals surface area contributed by atoms with E-state index in [0.717, 1.165) is 0 Å². The molecule has 2 aromatic rings. The Kier molecular flexibility index (Phi) is 7.11. The maximum atomic E-state index is 12.4. The molecule has 1 unspecified atom stereocenters. The van der Waals surface area contributed by atoms with E-state index in [1.54, 1.807) is 35.5 Å². The zero-order chi connectivity index (χ0) is 20.0. The Morgan fingerprint density at radius 2 is 2.04 bits per heavy atom. The second kappa shape index (κ2) is 9.12. The van der Waals surface area contributed by atoms with Gasteiger partial charge in [-0.25, -0.2) is 13.6 Å². The van der Waals surface area contributed by atoms with Crippen molar-refractivity contribution in [3.8, 4) is 0 Å². The number of hydrogen-bond acceptors (Lipinski definition) is 5. The number of rotatable bonds is 8. The molecular formula is C18H23N3O4S2. The molecule has 1 aromatic carbocycles. The van der Waals surface area contributed by atoms with Gasteiger partial charge in [0.05, 0.1) is 10.9 Å². The van der Waals surface area contributed by atoms with Crippen molar-refractivity contribution in [2.75, 3.05) is 13.6 Å². The number of carbonyl (C=O) groups excluding carboxylic acids is 2. The van der Waals surface area contributed by atoms with E-state index < -0.39 is 10.0 Å². The lowest BCUT2D eigenvalue weighted by Crippen LogP contribution is -2.31. The lowest BCUT2D eigenvalue weighted by atomic mass is 10.1. The van der Waals surface area contributed by atoms with Crippen molar-refractivity contribution in [2.24, 2.45) is 5.14 Å². The highest BCUT2D eigenvalue weighted by atomic mass is 32.2. The van der Waals surface area contributed by atoms with E-state index in [-0.39, 0.29) is 29.2 Å². The van der Waals surface area contributed by atoms with Crippen LogP contribution < -0.4 is 10.5 Å². The Bertz CT molecular complexity index is 895. The molecule has 1 heterocycles. The topological polar surface area (TPSA) is 110 Å². The standard InChI is InChI=1S/C18H23N3O4S2/c1-13(14-5-3-6-16(11-14)27(19,24)25)21(2)17(22)7-4-9-20-18(23)15-8-10-26-12-15/h3,5-6,8,10-13H,4,7,9H2,1-2H3,(H,20,23)(H2,19,24,25). The number of carbonyl (C=O) groups is 2. The van der Waals surface area contributed by atoms with Crippen molar-refractivity contribution in [3.05, 3.63) is 52.2 Å². The van der Waals surface area contributed by atoms with Crippen molar-refractivity contribution >= 4 is 33.2 Å². The highest BCUT2D eigenvalue weighted by molar-refractivity contribution is 7.89. The molecule has 146 valence electrons. The van der Waals surface area contributed by atoms with Gasteiger partial charge in [-0.3, -0.25) is 9.59 Å². The number of benzene rings is 1. The summed E-state index contributed by atoms with van der Waals surface area (Å²) in [5.41, 5.74) is 1.30. The Morgan fingerprint density at radius 3 is 2.67 bits per heavy atom. The monoisotopic (exact) mass is 409 g/mol. The van der Waals surface area contributed by atoms with E-state index >= 15 is 0 Å². The zero-order valence-corrected chi connectivity index (χ0v) is 16.8. The fourth-order valence-corrected chi connectivity index (χ4v) is 3.71. The third-order valence-corrected chi connectivity index (χ3v) is 5.87. The molecule has 3 N–H and O–H groups in total. The van der Waals surface area contributed by atoms with E-state index in [4.69, 9.17) is 5.14 Å². The molecule has 9 heteroatoms. The average molecular weight is 410 g/mol. The maximum absolute atomic E-state index is 12.4. The van der Waals surface area contributed by atoms with Crippen molar-refractivity contribution in [2.45, 2.75) is 30.7 Å². The Hall–Kier alpha value is -2.23. The number of thiophene rings is 1. The second-order valence-corrected chi connectivity index (χ2v) is 8.51. The summed E-state index contributed by atoms with van der Waals surface area (Å²) in [4.78, 5) is 25.8. The van der Waals surface area contributed by atoms with E-state index in [2.05, 4.69) is 5.32 Å². The fourth-order valence-electron chi connectivity index (χ4n) is 2.50. The van der Waals surface area contributed by atoms with E-state index in [9.17, 15) is 18.0 Å². The lowest BCUT2D eigenvalue weighted by Gasteiger charge is -2.25. The van der Waals surface area contributed by atoms with Gasteiger partial charge >= 0.3 is 0 Å². The summed E-state index contributed by atoms with van der Waals surface area (Å²) in [5, 5.41) is 11.5. The van der Waals surface area contributed by atoms with Crippen LogP contribution in [0.1, 0.15) is 41.7 Å². The van der Waals surface area contributed by atoms with Crippen LogP contribution in [-0.2, 0) is 14.8 Å². The first-order valence-electron chi connectivity index (χ1n) is 8.39. The van der Waals surface area contributed by atoms with Gasteiger partial charge in [0.2, 0.25) is 15.9 Å². The normalized spacial score (nSPS) is 12.4. The fraction of sp³-hybridized carbons (Fsp3) is 0.333. The molecule has 7 nitrogen and oxygen atoms in total. The lowest BCUT2D eigenvalue weighted by molar-refractivity contribution is -0.131. The number of nitrogens with zero attached hydrogens (tertiary/aromatic N) is 1. The van der Waals surface area contributed by atoms with Crippen molar-refractivity contribution in [1.82, 2.24) is 10.2 Å². The quantitative estimate of drug-likeness (QED) is 0.651. The average Bonchev–Trinajstić information content (AvgIpc) is 3.18. The summed E-state index contributed by atoms with van der Waals surface area (Å²) in [6.45, 7) is 2.22. The van der Waals surface area contributed by atoms with Crippen LogP contribution in [0, 0.1) is 0 Å². The molecule has 0 aliphatic carbocycles. The molecule has 27 heavy (non-hydrogen) atoms. The number of nitrogens with two attached hydrogens (primary N) is 1. The number of hydrogen-bond donors (Lipinski definition) is 2. The smallest absolute Gasteiger partial charge is 0.252 e. The van der Waals surface area contributed by atoms with Gasteiger partial charge in [-0.05, 0) is 42.5 Å². The molecule has 1 aromatic heterocycles. The molecule has 0 saturated carbocycles. The molecule has 0 saturated heterocycles. The molecule has 2 amide bonds. The first-order chi connectivity index (χ1) is 12.7. The Balaban J connectivity index is 1.86.